The number of amides is 1. The zero-order valence-electron chi connectivity index (χ0n) is 11.6. The van der Waals surface area contributed by atoms with Crippen molar-refractivity contribution in [3.63, 3.8) is 0 Å². The summed E-state index contributed by atoms with van der Waals surface area (Å²) in [5.74, 6) is -0.225. The molecule has 1 fully saturated rings. The summed E-state index contributed by atoms with van der Waals surface area (Å²) in [6.07, 6.45) is 0.897. The zero-order valence-corrected chi connectivity index (χ0v) is 13.2. The van der Waals surface area contributed by atoms with Gasteiger partial charge in [-0.05, 0) is 49.9 Å². The van der Waals surface area contributed by atoms with E-state index in [4.69, 9.17) is 4.74 Å². The van der Waals surface area contributed by atoms with E-state index >= 15 is 0 Å². The first kappa shape index (κ1) is 15.0. The number of carbonyl (C=O) groups excluding carboxylic acids is 1. The lowest BCUT2D eigenvalue weighted by Gasteiger charge is -2.29. The Kier molecular flexibility index (Phi) is 4.46. The zero-order chi connectivity index (χ0) is 14.8. The van der Waals surface area contributed by atoms with Gasteiger partial charge in [-0.1, -0.05) is 15.9 Å². The Bertz CT molecular complexity index is 549. The van der Waals surface area contributed by atoms with Crippen molar-refractivity contribution in [1.82, 2.24) is 0 Å². The van der Waals surface area contributed by atoms with Crippen LogP contribution in [0.1, 0.15) is 24.0 Å². The highest BCUT2D eigenvalue weighted by atomic mass is 79.9. The average molecular weight is 337 g/mol. The number of halogens is 1. The Labute approximate surface area is 127 Å². The van der Waals surface area contributed by atoms with E-state index in [2.05, 4.69) is 27.3 Å². The number of aryl methyl sites for hydroxylation is 2. The second-order valence-corrected chi connectivity index (χ2v) is 6.09. The standard InChI is InChI=1S/C15H17BrN2O2/c1-10-7-12(16)8-11(2)13(10)18-14(19)15(9-17)3-5-20-6-4-15/h7-8H,3-6H2,1-2H3,(H,18,19). The summed E-state index contributed by atoms with van der Waals surface area (Å²) in [5.41, 5.74) is 1.78. The molecule has 1 aliphatic heterocycles. The lowest BCUT2D eigenvalue weighted by atomic mass is 9.80. The molecule has 1 N–H and O–H groups in total. The fourth-order valence-corrected chi connectivity index (χ4v) is 3.14. The van der Waals surface area contributed by atoms with E-state index in [9.17, 15) is 10.1 Å². The molecule has 2 rings (SSSR count). The van der Waals surface area contributed by atoms with Crippen LogP contribution in [-0.2, 0) is 9.53 Å². The molecule has 0 radical (unpaired) electrons. The number of benzene rings is 1. The van der Waals surface area contributed by atoms with Gasteiger partial charge in [0.25, 0.3) is 0 Å². The Morgan fingerprint density at radius 3 is 2.40 bits per heavy atom. The quantitative estimate of drug-likeness (QED) is 0.900. The molecule has 0 aliphatic carbocycles. The highest BCUT2D eigenvalue weighted by Crippen LogP contribution is 2.33. The molecule has 1 amide bonds. The van der Waals surface area contributed by atoms with Gasteiger partial charge >= 0.3 is 0 Å². The third-order valence-electron chi connectivity index (χ3n) is 3.73. The molecule has 4 nitrogen and oxygen atoms in total. The summed E-state index contributed by atoms with van der Waals surface area (Å²) in [5, 5.41) is 12.3. The van der Waals surface area contributed by atoms with Gasteiger partial charge in [-0.25, -0.2) is 0 Å². The minimum Gasteiger partial charge on any atom is -0.381 e. The van der Waals surface area contributed by atoms with E-state index in [-0.39, 0.29) is 5.91 Å². The molecule has 0 saturated carbocycles. The van der Waals surface area contributed by atoms with Crippen molar-refractivity contribution in [2.45, 2.75) is 26.7 Å². The fraction of sp³-hybridized carbons (Fsp3) is 0.467. The second kappa shape index (κ2) is 5.94. The summed E-state index contributed by atoms with van der Waals surface area (Å²) in [4.78, 5) is 12.5. The molecule has 106 valence electrons. The van der Waals surface area contributed by atoms with Gasteiger partial charge < -0.3 is 10.1 Å². The summed E-state index contributed by atoms with van der Waals surface area (Å²) in [7, 11) is 0. The number of nitrogens with one attached hydrogen (secondary N) is 1. The third kappa shape index (κ3) is 2.87. The predicted molar refractivity (Wildman–Crippen MR) is 80.3 cm³/mol. The molecular formula is C15H17BrN2O2. The topological polar surface area (TPSA) is 62.1 Å². The highest BCUT2D eigenvalue weighted by molar-refractivity contribution is 9.10. The molecule has 1 aromatic rings. The normalized spacial score (nSPS) is 17.3. The van der Waals surface area contributed by atoms with Gasteiger partial charge in [0.2, 0.25) is 5.91 Å². The molecule has 0 bridgehead atoms. The Balaban J connectivity index is 2.26. The maximum absolute atomic E-state index is 12.5. The maximum atomic E-state index is 12.5. The minimum absolute atomic E-state index is 0.225. The van der Waals surface area contributed by atoms with Gasteiger partial charge in [0.15, 0.2) is 0 Å². The van der Waals surface area contributed by atoms with Crippen LogP contribution in [0.3, 0.4) is 0 Å². The number of hydrogen-bond acceptors (Lipinski definition) is 3. The molecule has 0 atom stereocenters. The van der Waals surface area contributed by atoms with Crippen LogP contribution in [0.4, 0.5) is 5.69 Å². The van der Waals surface area contributed by atoms with Crippen LogP contribution in [0, 0.1) is 30.6 Å². The third-order valence-corrected chi connectivity index (χ3v) is 4.19. The molecule has 20 heavy (non-hydrogen) atoms. The molecule has 1 heterocycles. The van der Waals surface area contributed by atoms with Crippen LogP contribution in [0.5, 0.6) is 0 Å². The van der Waals surface area contributed by atoms with Gasteiger partial charge in [0.1, 0.15) is 5.41 Å². The van der Waals surface area contributed by atoms with E-state index in [0.717, 1.165) is 21.3 Å². The second-order valence-electron chi connectivity index (χ2n) is 5.17. The van der Waals surface area contributed by atoms with Gasteiger partial charge in [0.05, 0.1) is 6.07 Å². The molecule has 1 saturated heterocycles. The number of ether oxygens (including phenoxy) is 1. The van der Waals surface area contributed by atoms with Crippen molar-refractivity contribution >= 4 is 27.5 Å². The molecule has 5 heteroatoms. The predicted octanol–water partition coefficient (Wildman–Crippen LogP) is 3.32. The Hall–Kier alpha value is -1.38. The van der Waals surface area contributed by atoms with Gasteiger partial charge in [0, 0.05) is 23.4 Å². The van der Waals surface area contributed by atoms with E-state index in [0.29, 0.717) is 26.1 Å². The molecule has 0 spiro atoms. The maximum Gasteiger partial charge on any atom is 0.245 e. The van der Waals surface area contributed by atoms with Crippen molar-refractivity contribution in [2.75, 3.05) is 18.5 Å². The smallest absolute Gasteiger partial charge is 0.245 e. The van der Waals surface area contributed by atoms with Crippen molar-refractivity contribution in [2.24, 2.45) is 5.41 Å². The van der Waals surface area contributed by atoms with E-state index in [1.165, 1.54) is 0 Å². The van der Waals surface area contributed by atoms with Crippen molar-refractivity contribution in [1.29, 1.82) is 5.26 Å². The first-order valence-electron chi connectivity index (χ1n) is 6.56. The van der Waals surface area contributed by atoms with E-state index in [1.807, 2.05) is 26.0 Å². The molecule has 1 aromatic carbocycles. The van der Waals surface area contributed by atoms with Crippen LogP contribution in [0.2, 0.25) is 0 Å². The van der Waals surface area contributed by atoms with Gasteiger partial charge in [-0.15, -0.1) is 0 Å². The number of carbonyl (C=O) groups is 1. The molecule has 1 aliphatic rings. The van der Waals surface area contributed by atoms with Crippen molar-refractivity contribution in [3.8, 4) is 6.07 Å². The van der Waals surface area contributed by atoms with Gasteiger partial charge in [-0.3, -0.25) is 4.79 Å². The minimum atomic E-state index is -0.968. The molecular weight excluding hydrogens is 320 g/mol. The summed E-state index contributed by atoms with van der Waals surface area (Å²) in [6, 6.07) is 6.09. The van der Waals surface area contributed by atoms with Crippen LogP contribution in [0.15, 0.2) is 16.6 Å². The van der Waals surface area contributed by atoms with Crippen LogP contribution in [-0.4, -0.2) is 19.1 Å². The van der Waals surface area contributed by atoms with Gasteiger partial charge in [-0.2, -0.15) is 5.26 Å². The molecule has 0 aromatic heterocycles. The Morgan fingerprint density at radius 1 is 1.35 bits per heavy atom. The summed E-state index contributed by atoms with van der Waals surface area (Å²) in [6.45, 7) is 4.80. The number of rotatable bonds is 2. The van der Waals surface area contributed by atoms with Crippen LogP contribution in [0.25, 0.3) is 0 Å². The Morgan fingerprint density at radius 2 is 1.90 bits per heavy atom. The SMILES string of the molecule is Cc1cc(Br)cc(C)c1NC(=O)C1(C#N)CCOCC1. The summed E-state index contributed by atoms with van der Waals surface area (Å²) < 4.78 is 6.23. The largest absolute Gasteiger partial charge is 0.381 e. The lowest BCUT2D eigenvalue weighted by molar-refractivity contribution is -0.126. The van der Waals surface area contributed by atoms with Crippen molar-refractivity contribution in [3.05, 3.63) is 27.7 Å². The fourth-order valence-electron chi connectivity index (χ4n) is 2.45. The van der Waals surface area contributed by atoms with Crippen LogP contribution < -0.4 is 5.32 Å². The number of nitriles is 1. The van der Waals surface area contributed by atoms with E-state index < -0.39 is 5.41 Å². The number of hydrogen-bond donors (Lipinski definition) is 1. The first-order chi connectivity index (χ1) is 9.48. The van der Waals surface area contributed by atoms with E-state index in [1.54, 1.807) is 0 Å². The van der Waals surface area contributed by atoms with Crippen LogP contribution >= 0.6 is 15.9 Å². The highest BCUT2D eigenvalue weighted by Gasteiger charge is 2.40. The molecule has 0 unspecified atom stereocenters. The van der Waals surface area contributed by atoms with Crippen molar-refractivity contribution < 1.29 is 9.53 Å². The number of nitrogens with zero attached hydrogens (tertiary/aromatic N) is 1. The number of anilines is 1. The lowest BCUT2D eigenvalue weighted by Crippen LogP contribution is -2.40. The average Bonchev–Trinajstić information content (AvgIpc) is 2.43. The summed E-state index contributed by atoms with van der Waals surface area (Å²) >= 11 is 3.43. The first-order valence-corrected chi connectivity index (χ1v) is 7.35. The monoisotopic (exact) mass is 336 g/mol.